The van der Waals surface area contributed by atoms with Gasteiger partial charge in [0.25, 0.3) is 0 Å². The lowest BCUT2D eigenvalue weighted by Crippen LogP contribution is -2.09. The van der Waals surface area contributed by atoms with Gasteiger partial charge in [0.15, 0.2) is 0 Å². The minimum atomic E-state index is 0.856. The first-order valence-electron chi connectivity index (χ1n) is 16.8. The van der Waals surface area contributed by atoms with Crippen molar-refractivity contribution in [2.45, 2.75) is 0 Å². The third-order valence-corrected chi connectivity index (χ3v) is 10.0. The van der Waals surface area contributed by atoms with Crippen molar-refractivity contribution in [1.29, 1.82) is 0 Å². The van der Waals surface area contributed by atoms with Gasteiger partial charge in [0.1, 0.15) is 33.5 Å². The van der Waals surface area contributed by atoms with Gasteiger partial charge in [-0.2, -0.15) is 0 Å². The third-order valence-electron chi connectivity index (χ3n) is 10.0. The number of anilines is 3. The molecule has 0 N–H and O–H groups in total. The molecule has 0 fully saturated rings. The molecule has 3 heterocycles. The Morgan fingerprint density at radius 1 is 0.280 bits per heavy atom. The topological polar surface area (TPSA) is 42.7 Å². The van der Waals surface area contributed by atoms with Crippen LogP contribution in [0.4, 0.5) is 17.1 Å². The zero-order chi connectivity index (χ0) is 32.8. The van der Waals surface area contributed by atoms with Crippen molar-refractivity contribution >= 4 is 93.7 Å². The van der Waals surface area contributed by atoms with Crippen LogP contribution >= 0.6 is 0 Å². The summed E-state index contributed by atoms with van der Waals surface area (Å²) in [5.41, 5.74) is 10.7. The van der Waals surface area contributed by atoms with Gasteiger partial charge < -0.3 is 18.2 Å². The molecule has 0 atom stereocenters. The summed E-state index contributed by atoms with van der Waals surface area (Å²) < 4.78 is 18.7. The second-order valence-electron chi connectivity index (χ2n) is 12.9. The first kappa shape index (κ1) is 27.2. The van der Waals surface area contributed by atoms with Crippen molar-refractivity contribution in [2.24, 2.45) is 0 Å². The van der Waals surface area contributed by atoms with Gasteiger partial charge in [-0.3, -0.25) is 0 Å². The largest absolute Gasteiger partial charge is 0.456 e. The Morgan fingerprint density at radius 2 is 0.780 bits per heavy atom. The fraction of sp³-hybridized carbons (Fsp3) is 0. The molecule has 3 aromatic heterocycles. The molecule has 0 unspecified atom stereocenters. The number of hydrogen-bond donors (Lipinski definition) is 0. The van der Waals surface area contributed by atoms with Crippen LogP contribution in [0.3, 0.4) is 0 Å². The van der Waals surface area contributed by atoms with Crippen molar-refractivity contribution < 1.29 is 13.3 Å². The van der Waals surface area contributed by atoms with E-state index in [9.17, 15) is 0 Å². The minimum absolute atomic E-state index is 0.856. The first-order valence-corrected chi connectivity index (χ1v) is 16.8. The smallest absolute Gasteiger partial charge is 0.137 e. The van der Waals surface area contributed by atoms with Gasteiger partial charge in [0.2, 0.25) is 0 Å². The van der Waals surface area contributed by atoms with E-state index in [0.717, 1.165) is 99.4 Å². The van der Waals surface area contributed by atoms with Crippen LogP contribution in [-0.4, -0.2) is 0 Å². The Morgan fingerprint density at radius 3 is 1.50 bits per heavy atom. The van der Waals surface area contributed by atoms with Gasteiger partial charge in [-0.15, -0.1) is 0 Å². The molecule has 234 valence electrons. The molecular formula is C46H27NO3. The normalized spacial score (nSPS) is 12.0. The van der Waals surface area contributed by atoms with E-state index < -0.39 is 0 Å². The summed E-state index contributed by atoms with van der Waals surface area (Å²) in [7, 11) is 0. The van der Waals surface area contributed by atoms with Gasteiger partial charge in [-0.05, 0) is 101 Å². The molecule has 0 aliphatic heterocycles. The molecule has 11 aromatic rings. The summed E-state index contributed by atoms with van der Waals surface area (Å²) >= 11 is 0. The summed E-state index contributed by atoms with van der Waals surface area (Å²) in [5, 5.41) is 9.04. The van der Waals surface area contributed by atoms with Crippen LogP contribution in [0.2, 0.25) is 0 Å². The van der Waals surface area contributed by atoms with Crippen molar-refractivity contribution in [3.63, 3.8) is 0 Å². The lowest BCUT2D eigenvalue weighted by atomic mass is 9.99. The molecule has 0 radical (unpaired) electrons. The summed E-state index contributed by atoms with van der Waals surface area (Å²) in [6.07, 6.45) is 0. The van der Waals surface area contributed by atoms with Crippen molar-refractivity contribution in [3.05, 3.63) is 164 Å². The molecule has 0 aliphatic carbocycles. The highest BCUT2D eigenvalue weighted by Gasteiger charge is 2.18. The zero-order valence-corrected chi connectivity index (χ0v) is 26.8. The first-order chi connectivity index (χ1) is 24.7. The fourth-order valence-electron chi connectivity index (χ4n) is 7.60. The Hall–Kier alpha value is -6.78. The standard InChI is InChI=1S/C46H27NO3/c1-4-10-41-35(7-1)38-21-19-34(27-46(38)50-41)47(33-20-22-44-40(26-33)37-9-3-5-11-42(37)48-44)32-17-15-28(16-18-32)29-13-14-30-24-39-36-8-2-6-12-43(36)49-45(39)25-31(30)23-29/h1-27H. The summed E-state index contributed by atoms with van der Waals surface area (Å²) in [6.45, 7) is 0. The van der Waals surface area contributed by atoms with Crippen LogP contribution in [0.1, 0.15) is 0 Å². The Labute approximate surface area is 286 Å². The maximum Gasteiger partial charge on any atom is 0.137 e. The van der Waals surface area contributed by atoms with Gasteiger partial charge >= 0.3 is 0 Å². The molecular weight excluding hydrogens is 615 g/mol. The highest BCUT2D eigenvalue weighted by Crippen LogP contribution is 2.42. The van der Waals surface area contributed by atoms with Crippen molar-refractivity contribution in [2.75, 3.05) is 4.90 Å². The molecule has 0 bridgehead atoms. The van der Waals surface area contributed by atoms with E-state index in [2.05, 4.69) is 132 Å². The maximum absolute atomic E-state index is 6.34. The number of rotatable bonds is 4. The molecule has 0 amide bonds. The highest BCUT2D eigenvalue weighted by atomic mass is 16.3. The van der Waals surface area contributed by atoms with Crippen LogP contribution in [0.15, 0.2) is 177 Å². The van der Waals surface area contributed by atoms with Gasteiger partial charge in [-0.1, -0.05) is 78.9 Å². The second kappa shape index (κ2) is 10.4. The van der Waals surface area contributed by atoms with Gasteiger partial charge in [-0.25, -0.2) is 0 Å². The predicted octanol–water partition coefficient (Wildman–Crippen LogP) is 13.7. The Bertz CT molecular complexity index is 3110. The number of hydrogen-bond acceptors (Lipinski definition) is 4. The lowest BCUT2D eigenvalue weighted by molar-refractivity contribution is 0.668. The van der Waals surface area contributed by atoms with Crippen molar-refractivity contribution in [3.8, 4) is 11.1 Å². The van der Waals surface area contributed by atoms with Gasteiger partial charge in [0.05, 0.1) is 0 Å². The van der Waals surface area contributed by atoms with Crippen LogP contribution < -0.4 is 4.90 Å². The molecule has 4 heteroatoms. The zero-order valence-electron chi connectivity index (χ0n) is 26.8. The van der Waals surface area contributed by atoms with E-state index in [0.29, 0.717) is 0 Å². The second-order valence-corrected chi connectivity index (χ2v) is 12.9. The van der Waals surface area contributed by atoms with Crippen LogP contribution in [0.5, 0.6) is 0 Å². The minimum Gasteiger partial charge on any atom is -0.456 e. The number of benzene rings is 8. The molecule has 0 spiro atoms. The quantitative estimate of drug-likeness (QED) is 0.192. The van der Waals surface area contributed by atoms with E-state index >= 15 is 0 Å². The summed E-state index contributed by atoms with van der Waals surface area (Å²) in [5.74, 6) is 0. The lowest BCUT2D eigenvalue weighted by Gasteiger charge is -2.25. The van der Waals surface area contributed by atoms with E-state index in [4.69, 9.17) is 13.3 Å². The molecule has 11 rings (SSSR count). The molecule has 0 saturated carbocycles. The molecule has 0 saturated heterocycles. The van der Waals surface area contributed by atoms with Crippen LogP contribution in [-0.2, 0) is 0 Å². The Balaban J connectivity index is 1.04. The molecule has 50 heavy (non-hydrogen) atoms. The third kappa shape index (κ3) is 4.12. The average molecular weight is 642 g/mol. The number of fused-ring (bicyclic) bond motifs is 10. The SMILES string of the molecule is c1ccc2c(c1)oc1cc(N(c3ccc(-c4ccc5cc6c(cc5c4)oc4ccccc46)cc3)c3ccc4oc5ccccc5c4c3)ccc12. The van der Waals surface area contributed by atoms with Crippen molar-refractivity contribution in [1.82, 2.24) is 0 Å². The summed E-state index contributed by atoms with van der Waals surface area (Å²) in [6, 6.07) is 57.4. The van der Waals surface area contributed by atoms with Gasteiger partial charge in [0, 0.05) is 55.4 Å². The fourth-order valence-corrected chi connectivity index (χ4v) is 7.60. The number of para-hydroxylation sites is 3. The van der Waals surface area contributed by atoms with E-state index in [-0.39, 0.29) is 0 Å². The number of furan rings is 3. The van der Waals surface area contributed by atoms with E-state index in [1.54, 1.807) is 0 Å². The molecule has 4 nitrogen and oxygen atoms in total. The maximum atomic E-state index is 6.34. The predicted molar refractivity (Wildman–Crippen MR) is 206 cm³/mol. The Kier molecular flexibility index (Phi) is 5.63. The number of nitrogens with zero attached hydrogens (tertiary/aromatic N) is 1. The highest BCUT2D eigenvalue weighted by molar-refractivity contribution is 6.11. The van der Waals surface area contributed by atoms with E-state index in [1.807, 2.05) is 36.4 Å². The van der Waals surface area contributed by atoms with Crippen LogP contribution in [0.25, 0.3) is 87.7 Å². The summed E-state index contributed by atoms with van der Waals surface area (Å²) in [4.78, 5) is 2.29. The van der Waals surface area contributed by atoms with E-state index in [1.165, 1.54) is 5.39 Å². The van der Waals surface area contributed by atoms with Crippen LogP contribution in [0, 0.1) is 0 Å². The monoisotopic (exact) mass is 641 g/mol. The molecule has 8 aromatic carbocycles. The molecule has 0 aliphatic rings. The average Bonchev–Trinajstić information content (AvgIpc) is 3.84.